The van der Waals surface area contributed by atoms with Gasteiger partial charge in [-0.3, -0.25) is 0 Å². The van der Waals surface area contributed by atoms with Gasteiger partial charge < -0.3 is 36.9 Å². The zero-order valence-electron chi connectivity index (χ0n) is 85.1. The molecule has 2 aliphatic heterocycles. The molecular weight excluding hydrogens is 1450 g/mol. The Morgan fingerprint density at radius 2 is 0.521 bits per heavy atom. The number of furan rings is 2. The Balaban J connectivity index is 0.855. The van der Waals surface area contributed by atoms with Crippen molar-refractivity contribution < 1.29 is 30.8 Å². The number of aromatic nitrogens is 4. The normalized spacial score (nSPS) is 15.5. The molecule has 0 amide bonds. The van der Waals surface area contributed by atoms with Gasteiger partial charge in [-0.25, -0.2) is 0 Å². The highest BCUT2D eigenvalue weighted by Gasteiger charge is 2.46. The molecule has 119 heavy (non-hydrogen) atoms. The van der Waals surface area contributed by atoms with Gasteiger partial charge in [0.2, 0.25) is 0 Å². The van der Waals surface area contributed by atoms with Gasteiger partial charge in [-0.2, -0.15) is 0 Å². The van der Waals surface area contributed by atoms with Gasteiger partial charge in [0.15, 0.2) is 22.3 Å². The van der Waals surface area contributed by atoms with Crippen LogP contribution in [-0.2, 0) is 27.1 Å². The molecule has 9 heteroatoms. The van der Waals surface area contributed by atoms with Crippen LogP contribution in [0.1, 0.15) is 154 Å². The van der Waals surface area contributed by atoms with E-state index in [0.717, 1.165) is 87.6 Å². The Morgan fingerprint density at radius 1 is 0.235 bits per heavy atom. The monoisotopic (exact) mass is 1560 g/mol. The summed E-state index contributed by atoms with van der Waals surface area (Å²) in [5.41, 5.74) is 18.2. The van der Waals surface area contributed by atoms with E-state index in [9.17, 15) is 16.4 Å². The lowest BCUT2D eigenvalue weighted by molar-refractivity contribution is 0.590. The van der Waals surface area contributed by atoms with E-state index in [4.69, 9.17) is 14.3 Å². The maximum atomic E-state index is 9.90. The van der Waals surface area contributed by atoms with Gasteiger partial charge in [0.05, 0.1) is 88.8 Å². The largest absolute Gasteiger partial charge is 0.452 e. The Bertz CT molecular complexity index is 8220. The second-order valence-corrected chi connectivity index (χ2v) is 37.8. The van der Waals surface area contributed by atoms with Crippen molar-refractivity contribution in [2.45, 2.75) is 131 Å². The Kier molecular flexibility index (Phi) is 11.7. The van der Waals surface area contributed by atoms with Crippen molar-refractivity contribution in [2.75, 3.05) is 9.80 Å². The molecule has 0 saturated heterocycles. The molecule has 0 saturated carbocycles. The van der Waals surface area contributed by atoms with E-state index in [1.54, 1.807) is 9.13 Å². The molecular formula is C110H93BN6O2. The highest BCUT2D eigenvalue weighted by molar-refractivity contribution is 7.00. The zero-order valence-corrected chi connectivity index (χ0v) is 69.1. The number of hydrogen-bond acceptors (Lipinski definition) is 4. The van der Waals surface area contributed by atoms with Crippen LogP contribution in [0.2, 0.25) is 0 Å². The summed E-state index contributed by atoms with van der Waals surface area (Å²) in [6.07, 6.45) is 0. The van der Waals surface area contributed by atoms with Crippen molar-refractivity contribution in [1.29, 1.82) is 0 Å². The lowest BCUT2D eigenvalue weighted by Gasteiger charge is -2.45. The van der Waals surface area contributed by atoms with E-state index >= 15 is 0 Å². The SMILES string of the molecule is [2H]c1c([2H])c([2H])c2c(c1[2H])c1c([2H])c([2H])c([2H])c([2H])c1n2-c1ccc2c(c1)N(c1cccc3c1oc1c(-n4c5ccc(C(C)(C)C)cc5c5cc(C(C)(C)C)ccc54)cccc13)c1cc(C(C)(C)C)cc3c1B2c1ccc(-n2c4c([2H])c([2H])c([2H])c([2H])c4c4c([2H])c([2H])c([2H])c([2H])c42)cc1N3c1cccc2c1oc1c(-n3c4ccc(C(C)(C)C)cc4c4cc(C(C)(C)C)ccc43)cccc12. The standard InChI is InChI=1S/C110H93BN6O2/c1-106(2,3)64-44-52-89-79(56-64)80-57-65(107(4,5)6)45-53-90(80)114(89)93-40-24-32-75-77-34-26-42-95(104(77)118-102(75)93)116-97-62-69(112-85-36-20-16-28-71(85)72-29-17-21-37-86(72)112)48-50-83(97)111-84-51-49-70(113-87-38-22-18-30-73(87)74-31-19-23-39-88(74)113)63-98(84)117(100-61-68(110(13,14)15)60-99(116)101(100)111)96-43-27-35-78-76-33-25-41-94(103(76)119-105(78)96)115-91-54-46-66(108(7,8)9)58-81(91)82-59-67(109(10,11)12)47-55-92(82)115/h16-63H,1-15H3/i16D,17D,18D,19D,20D,21D,22D,23D,28D,29D,30D,31D,36D,37D,38D,39D. The van der Waals surface area contributed by atoms with Crippen LogP contribution < -0.4 is 26.2 Å². The molecule has 8 heterocycles. The molecule has 2 aliphatic rings. The fourth-order valence-electron chi connectivity index (χ4n) is 19.3. The minimum absolute atomic E-state index is 0.0680. The lowest BCUT2D eigenvalue weighted by atomic mass is 9.33. The molecule has 15 aromatic carbocycles. The Labute approximate surface area is 715 Å². The minimum atomic E-state index is -0.797. The summed E-state index contributed by atoms with van der Waals surface area (Å²) in [6, 6.07) is 59.5. The molecule has 0 radical (unpaired) electrons. The van der Waals surface area contributed by atoms with Crippen LogP contribution in [0.5, 0.6) is 0 Å². The summed E-state index contributed by atoms with van der Waals surface area (Å²) in [4.78, 5) is 4.42. The maximum Gasteiger partial charge on any atom is 0.252 e. The van der Waals surface area contributed by atoms with Gasteiger partial charge >= 0.3 is 0 Å². The van der Waals surface area contributed by atoms with Crippen LogP contribution >= 0.6 is 0 Å². The average Bonchev–Trinajstić information content (AvgIpc) is 1.66. The van der Waals surface area contributed by atoms with Gasteiger partial charge in [-0.05, 0) is 205 Å². The van der Waals surface area contributed by atoms with Crippen molar-refractivity contribution in [3.05, 3.63) is 319 Å². The first-order valence-electron chi connectivity index (χ1n) is 49.0. The molecule has 0 spiro atoms. The lowest BCUT2D eigenvalue weighted by Crippen LogP contribution is -2.61. The number of fused-ring (bicyclic) bond motifs is 22. The second kappa shape index (κ2) is 24.7. The summed E-state index contributed by atoms with van der Waals surface area (Å²) >= 11 is 0. The zero-order chi connectivity index (χ0) is 95.1. The van der Waals surface area contributed by atoms with Crippen LogP contribution in [0.15, 0.2) is 300 Å². The van der Waals surface area contributed by atoms with Crippen molar-refractivity contribution in [3.8, 4) is 22.7 Å². The third-order valence-electron chi connectivity index (χ3n) is 25.4. The summed E-state index contributed by atoms with van der Waals surface area (Å²) in [6.45, 7) is 32.5. The third-order valence-corrected chi connectivity index (χ3v) is 25.4. The Hall–Kier alpha value is -13.2. The quantitative estimate of drug-likeness (QED) is 0.156. The first kappa shape index (κ1) is 56.2. The topological polar surface area (TPSA) is 52.5 Å². The van der Waals surface area contributed by atoms with Crippen molar-refractivity contribution in [1.82, 2.24) is 18.3 Å². The first-order chi connectivity index (χ1) is 63.8. The van der Waals surface area contributed by atoms with Crippen LogP contribution in [0, 0.1) is 0 Å². The molecule has 0 aliphatic carbocycles. The first-order valence-corrected chi connectivity index (χ1v) is 41.0. The van der Waals surface area contributed by atoms with Crippen LogP contribution in [0.3, 0.4) is 0 Å². The number of anilines is 6. The average molecular weight is 1560 g/mol. The number of benzene rings is 15. The van der Waals surface area contributed by atoms with Gasteiger partial charge in [-0.15, -0.1) is 0 Å². The summed E-state index contributed by atoms with van der Waals surface area (Å²) in [7, 11) is 0. The van der Waals surface area contributed by atoms with Crippen molar-refractivity contribution >= 4 is 188 Å². The van der Waals surface area contributed by atoms with Crippen molar-refractivity contribution in [2.24, 2.45) is 0 Å². The molecule has 21 aromatic rings. The second-order valence-electron chi connectivity index (χ2n) is 37.8. The van der Waals surface area contributed by atoms with E-state index < -0.39 is 109 Å². The number of para-hydroxylation sites is 8. The highest BCUT2D eigenvalue weighted by atomic mass is 16.3. The number of nitrogens with zero attached hydrogens (tertiary/aromatic N) is 6. The van der Waals surface area contributed by atoms with Crippen LogP contribution in [-0.4, -0.2) is 25.0 Å². The highest BCUT2D eigenvalue weighted by Crippen LogP contribution is 2.54. The van der Waals surface area contributed by atoms with Crippen LogP contribution in [0.4, 0.5) is 34.1 Å². The molecule has 8 nitrogen and oxygen atoms in total. The minimum Gasteiger partial charge on any atom is -0.452 e. The van der Waals surface area contributed by atoms with E-state index in [2.05, 4.69) is 256 Å². The van der Waals surface area contributed by atoms with E-state index in [-0.39, 0.29) is 76.6 Å². The molecule has 6 aromatic heterocycles. The van der Waals surface area contributed by atoms with Crippen LogP contribution in [0.25, 0.3) is 154 Å². The summed E-state index contributed by atoms with van der Waals surface area (Å²) < 4.78 is 175. The van der Waals surface area contributed by atoms with Gasteiger partial charge in [0.25, 0.3) is 6.71 Å². The third kappa shape index (κ3) is 10.4. The summed E-state index contributed by atoms with van der Waals surface area (Å²) in [5, 5.41) is 7.27. The predicted molar refractivity (Wildman–Crippen MR) is 506 cm³/mol. The molecule has 23 rings (SSSR count). The molecule has 578 valence electrons. The van der Waals surface area contributed by atoms with Gasteiger partial charge in [0, 0.05) is 98.8 Å². The van der Waals surface area contributed by atoms with Gasteiger partial charge in [-0.1, -0.05) is 261 Å². The molecule has 0 bridgehead atoms. The molecule has 0 atom stereocenters. The number of hydrogen-bond donors (Lipinski definition) is 0. The smallest absolute Gasteiger partial charge is 0.252 e. The number of rotatable bonds is 6. The van der Waals surface area contributed by atoms with E-state index in [1.807, 2.05) is 60.7 Å². The Morgan fingerprint density at radius 3 is 0.824 bits per heavy atom. The predicted octanol–water partition coefficient (Wildman–Crippen LogP) is 28.4. The molecule has 0 N–H and O–H groups in total. The molecule has 0 fully saturated rings. The fraction of sp³-hybridized carbons (Fsp3) is 0.182. The van der Waals surface area contributed by atoms with E-state index in [0.29, 0.717) is 67.4 Å². The summed E-state index contributed by atoms with van der Waals surface area (Å²) in [5.74, 6) is 0. The molecule has 0 unspecified atom stereocenters. The van der Waals surface area contributed by atoms with Gasteiger partial charge in [0.1, 0.15) is 0 Å². The maximum absolute atomic E-state index is 9.90. The van der Waals surface area contributed by atoms with Crippen molar-refractivity contribution in [3.63, 3.8) is 0 Å². The van der Waals surface area contributed by atoms with E-state index in [1.165, 1.54) is 22.3 Å². The fourth-order valence-corrected chi connectivity index (χ4v) is 19.3.